The van der Waals surface area contributed by atoms with E-state index in [4.69, 9.17) is 0 Å². The number of hydrogen-bond acceptors (Lipinski definition) is 4. The van der Waals surface area contributed by atoms with Gasteiger partial charge >= 0.3 is 0 Å². The van der Waals surface area contributed by atoms with Gasteiger partial charge in [0.15, 0.2) is 5.78 Å². The topological polar surface area (TPSA) is 57.7 Å². The maximum absolute atomic E-state index is 13.0. The molecule has 0 N–H and O–H groups in total. The lowest BCUT2D eigenvalue weighted by Gasteiger charge is -2.33. The number of carbonyl (C=O) groups excluding carboxylic acids is 1. The Kier molecular flexibility index (Phi) is 5.80. The Hall–Kier alpha value is -2.09. The first kappa shape index (κ1) is 18.7. The molecule has 0 radical (unpaired) electrons. The molecule has 0 amide bonds. The molecule has 5 nitrogen and oxygen atoms in total. The van der Waals surface area contributed by atoms with Gasteiger partial charge in [-0.3, -0.25) is 4.79 Å². The van der Waals surface area contributed by atoms with E-state index in [0.29, 0.717) is 44.7 Å². The van der Waals surface area contributed by atoms with Crippen LogP contribution in [0.15, 0.2) is 59.5 Å². The molecule has 138 valence electrons. The van der Waals surface area contributed by atoms with Crippen LogP contribution in [0, 0.1) is 5.82 Å². The van der Waals surface area contributed by atoms with Crippen LogP contribution in [-0.4, -0.2) is 56.1 Å². The second kappa shape index (κ2) is 8.07. The molecule has 0 aliphatic carbocycles. The Bertz CT molecular complexity index is 846. The third-order valence-corrected chi connectivity index (χ3v) is 6.45. The molecule has 0 saturated carbocycles. The molecule has 1 aliphatic heterocycles. The van der Waals surface area contributed by atoms with Gasteiger partial charge in [-0.15, -0.1) is 0 Å². The van der Waals surface area contributed by atoms with Crippen molar-refractivity contribution in [2.45, 2.75) is 11.3 Å². The predicted octanol–water partition coefficient (Wildman–Crippen LogP) is 2.41. The molecule has 1 aliphatic rings. The van der Waals surface area contributed by atoms with Crippen molar-refractivity contribution < 1.29 is 17.6 Å². The zero-order valence-electron chi connectivity index (χ0n) is 14.3. The van der Waals surface area contributed by atoms with Crippen LogP contribution in [0.2, 0.25) is 0 Å². The van der Waals surface area contributed by atoms with Crippen LogP contribution >= 0.6 is 0 Å². The molecule has 1 saturated heterocycles. The van der Waals surface area contributed by atoms with Gasteiger partial charge in [0, 0.05) is 44.7 Å². The van der Waals surface area contributed by atoms with Crippen molar-refractivity contribution in [2.75, 3.05) is 32.7 Å². The summed E-state index contributed by atoms with van der Waals surface area (Å²) in [7, 11) is -3.60. The van der Waals surface area contributed by atoms with Crippen molar-refractivity contribution in [3.05, 3.63) is 66.0 Å². The van der Waals surface area contributed by atoms with Crippen molar-refractivity contribution in [3.8, 4) is 0 Å². The van der Waals surface area contributed by atoms with E-state index < -0.39 is 15.8 Å². The average Bonchev–Trinajstić information content (AvgIpc) is 2.67. The zero-order chi connectivity index (χ0) is 18.6. The lowest BCUT2D eigenvalue weighted by molar-refractivity contribution is 0.0952. The second-order valence-corrected chi connectivity index (χ2v) is 8.18. The Balaban J connectivity index is 1.52. The summed E-state index contributed by atoms with van der Waals surface area (Å²) in [6.45, 7) is 2.47. The molecule has 0 bridgehead atoms. The molecule has 1 heterocycles. The normalized spacial score (nSPS) is 16.5. The number of Topliss-reactive ketones (excluding diaryl/α,β-unsaturated/α-hetero) is 1. The quantitative estimate of drug-likeness (QED) is 0.727. The van der Waals surface area contributed by atoms with E-state index in [1.54, 1.807) is 12.1 Å². The standard InChI is InChI=1S/C19H21FN2O3S/c20-17-6-8-18(9-7-17)26(24,25)22-14-12-21(13-15-22)11-10-19(23)16-4-2-1-3-5-16/h1-9H,10-15H2. The molecule has 2 aromatic carbocycles. The molecule has 1 fully saturated rings. The number of hydrogen-bond donors (Lipinski definition) is 0. The summed E-state index contributed by atoms with van der Waals surface area (Å²) in [5, 5.41) is 0. The van der Waals surface area contributed by atoms with Crippen LogP contribution < -0.4 is 0 Å². The highest BCUT2D eigenvalue weighted by Gasteiger charge is 2.28. The van der Waals surface area contributed by atoms with Crippen molar-refractivity contribution in [1.82, 2.24) is 9.21 Å². The van der Waals surface area contributed by atoms with Crippen molar-refractivity contribution in [2.24, 2.45) is 0 Å². The Morgan fingerprint density at radius 3 is 2.15 bits per heavy atom. The average molecular weight is 376 g/mol. The number of rotatable bonds is 6. The molecule has 0 spiro atoms. The fraction of sp³-hybridized carbons (Fsp3) is 0.316. The summed E-state index contributed by atoms with van der Waals surface area (Å²) in [4.78, 5) is 14.4. The summed E-state index contributed by atoms with van der Waals surface area (Å²) in [5.41, 5.74) is 0.699. The minimum atomic E-state index is -3.60. The molecule has 0 unspecified atom stereocenters. The van der Waals surface area contributed by atoms with Gasteiger partial charge in [0.05, 0.1) is 4.90 Å². The van der Waals surface area contributed by atoms with Gasteiger partial charge in [0.1, 0.15) is 5.82 Å². The second-order valence-electron chi connectivity index (χ2n) is 6.24. The SMILES string of the molecule is O=C(CCN1CCN(S(=O)(=O)c2ccc(F)cc2)CC1)c1ccccc1. The maximum atomic E-state index is 13.0. The fourth-order valence-electron chi connectivity index (χ4n) is 2.98. The molecule has 2 aromatic rings. The minimum absolute atomic E-state index is 0.0898. The number of benzene rings is 2. The predicted molar refractivity (Wildman–Crippen MR) is 97.0 cm³/mol. The van der Waals surface area contributed by atoms with Gasteiger partial charge in [-0.05, 0) is 24.3 Å². The fourth-order valence-corrected chi connectivity index (χ4v) is 4.40. The van der Waals surface area contributed by atoms with E-state index in [2.05, 4.69) is 4.90 Å². The number of ketones is 1. The lowest BCUT2D eigenvalue weighted by Crippen LogP contribution is -2.48. The number of nitrogens with zero attached hydrogens (tertiary/aromatic N) is 2. The van der Waals surface area contributed by atoms with Crippen LogP contribution in [0.1, 0.15) is 16.8 Å². The van der Waals surface area contributed by atoms with E-state index in [1.165, 1.54) is 16.4 Å². The van der Waals surface area contributed by atoms with E-state index in [9.17, 15) is 17.6 Å². The number of piperazine rings is 1. The summed E-state index contributed by atoms with van der Waals surface area (Å²) < 4.78 is 39.6. The van der Waals surface area contributed by atoms with Gasteiger partial charge in [0.25, 0.3) is 0 Å². The maximum Gasteiger partial charge on any atom is 0.243 e. The van der Waals surface area contributed by atoms with E-state index in [0.717, 1.165) is 12.1 Å². The number of sulfonamides is 1. The minimum Gasteiger partial charge on any atom is -0.300 e. The summed E-state index contributed by atoms with van der Waals surface area (Å²) in [6, 6.07) is 14.0. The largest absolute Gasteiger partial charge is 0.300 e. The smallest absolute Gasteiger partial charge is 0.243 e. The van der Waals surface area contributed by atoms with E-state index in [1.807, 2.05) is 18.2 Å². The Labute approximate surface area is 153 Å². The molecule has 26 heavy (non-hydrogen) atoms. The zero-order valence-corrected chi connectivity index (χ0v) is 15.2. The summed E-state index contributed by atoms with van der Waals surface area (Å²) >= 11 is 0. The van der Waals surface area contributed by atoms with E-state index in [-0.39, 0.29) is 10.7 Å². The van der Waals surface area contributed by atoms with Gasteiger partial charge < -0.3 is 4.90 Å². The van der Waals surface area contributed by atoms with Crippen LogP contribution in [0.5, 0.6) is 0 Å². The van der Waals surface area contributed by atoms with Crippen molar-refractivity contribution in [1.29, 1.82) is 0 Å². The highest BCUT2D eigenvalue weighted by molar-refractivity contribution is 7.89. The monoisotopic (exact) mass is 376 g/mol. The summed E-state index contributed by atoms with van der Waals surface area (Å²) in [6.07, 6.45) is 0.411. The van der Waals surface area contributed by atoms with E-state index >= 15 is 0 Å². The van der Waals surface area contributed by atoms with Gasteiger partial charge in [-0.25, -0.2) is 12.8 Å². The Morgan fingerprint density at radius 2 is 1.54 bits per heavy atom. The number of carbonyl (C=O) groups is 1. The van der Waals surface area contributed by atoms with Crippen LogP contribution in [0.4, 0.5) is 4.39 Å². The Morgan fingerprint density at radius 1 is 0.923 bits per heavy atom. The van der Waals surface area contributed by atoms with Crippen LogP contribution in [-0.2, 0) is 10.0 Å². The highest BCUT2D eigenvalue weighted by Crippen LogP contribution is 2.18. The third-order valence-electron chi connectivity index (χ3n) is 4.53. The molecule has 7 heteroatoms. The third kappa shape index (κ3) is 4.35. The van der Waals surface area contributed by atoms with Crippen molar-refractivity contribution in [3.63, 3.8) is 0 Å². The first-order chi connectivity index (χ1) is 12.5. The van der Waals surface area contributed by atoms with Gasteiger partial charge in [0.2, 0.25) is 10.0 Å². The highest BCUT2D eigenvalue weighted by atomic mass is 32.2. The first-order valence-corrected chi connectivity index (χ1v) is 9.97. The lowest BCUT2D eigenvalue weighted by atomic mass is 10.1. The molecule has 0 atom stereocenters. The first-order valence-electron chi connectivity index (χ1n) is 8.53. The molecule has 0 aromatic heterocycles. The number of halogens is 1. The molecular formula is C19H21FN2O3S. The van der Waals surface area contributed by atoms with Crippen LogP contribution in [0.3, 0.4) is 0 Å². The summed E-state index contributed by atoms with van der Waals surface area (Å²) in [5.74, 6) is -0.371. The molecular weight excluding hydrogens is 355 g/mol. The van der Waals surface area contributed by atoms with Crippen LogP contribution in [0.25, 0.3) is 0 Å². The van der Waals surface area contributed by atoms with Gasteiger partial charge in [-0.1, -0.05) is 30.3 Å². The van der Waals surface area contributed by atoms with Crippen molar-refractivity contribution >= 4 is 15.8 Å². The molecule has 3 rings (SSSR count). The van der Waals surface area contributed by atoms with Gasteiger partial charge in [-0.2, -0.15) is 4.31 Å².